The molecule has 4 aliphatic rings. The van der Waals surface area contributed by atoms with E-state index >= 15 is 4.11 Å². The fourth-order valence-corrected chi connectivity index (χ4v) is 11.6. The molecule has 0 saturated carbocycles. The third-order valence-electron chi connectivity index (χ3n) is 11.1. The number of hydrogen-bond acceptors (Lipinski definition) is 5. The van der Waals surface area contributed by atoms with Crippen molar-refractivity contribution in [2.45, 2.75) is 88.5 Å². The zero-order valence-electron chi connectivity index (χ0n) is 28.2. The highest BCUT2D eigenvalue weighted by Crippen LogP contribution is 2.60. The lowest BCUT2D eigenvalue weighted by Crippen LogP contribution is -2.48. The third kappa shape index (κ3) is 5.96. The van der Waals surface area contributed by atoms with Crippen LogP contribution in [0.3, 0.4) is 0 Å². The van der Waals surface area contributed by atoms with Crippen molar-refractivity contribution >= 4 is 53.4 Å². The molecule has 7 rings (SSSR count). The number of piperidine rings is 1. The van der Waals surface area contributed by atoms with Crippen molar-refractivity contribution in [3.63, 3.8) is 0 Å². The van der Waals surface area contributed by atoms with Crippen molar-refractivity contribution in [2.75, 3.05) is 23.0 Å². The van der Waals surface area contributed by atoms with E-state index in [0.29, 0.717) is 37.2 Å². The molecule has 4 heterocycles. The second-order valence-corrected chi connectivity index (χ2v) is 19.2. The highest BCUT2D eigenvalue weighted by atomic mass is 79.9. The van der Waals surface area contributed by atoms with Crippen LogP contribution in [-0.4, -0.2) is 61.4 Å². The van der Waals surface area contributed by atoms with Crippen LogP contribution in [0.1, 0.15) is 54.9 Å². The molecule has 8 nitrogen and oxygen atoms in total. The van der Waals surface area contributed by atoms with Crippen LogP contribution >= 0.6 is 15.9 Å². The molecule has 0 radical (unpaired) electrons. The molecule has 1 spiro atoms. The number of carbonyl (C=O) groups is 3. The van der Waals surface area contributed by atoms with Crippen LogP contribution in [0.15, 0.2) is 71.2 Å². The highest BCUT2D eigenvalue weighted by Gasteiger charge is 2.67. The van der Waals surface area contributed by atoms with Gasteiger partial charge in [-0.2, -0.15) is 0 Å². The topological polar surface area (TPSA) is 90.4 Å². The van der Waals surface area contributed by atoms with Gasteiger partial charge in [-0.25, -0.2) is 0 Å². The Labute approximate surface area is 296 Å². The summed E-state index contributed by atoms with van der Waals surface area (Å²) in [6, 6.07) is 20.9. The number of aliphatic hydroxyl groups excluding tert-OH is 1. The number of benzene rings is 3. The molecule has 0 bridgehead atoms. The van der Waals surface area contributed by atoms with E-state index in [4.69, 9.17) is 4.74 Å². The number of amides is 3. The van der Waals surface area contributed by atoms with Gasteiger partial charge >= 0.3 is 0 Å². The highest BCUT2D eigenvalue weighted by molar-refractivity contribution is 9.10. The molecule has 0 aliphatic carbocycles. The van der Waals surface area contributed by atoms with E-state index in [1.165, 1.54) is 0 Å². The van der Waals surface area contributed by atoms with Gasteiger partial charge in [0.25, 0.3) is 5.91 Å². The van der Waals surface area contributed by atoms with Crippen molar-refractivity contribution in [1.29, 1.82) is 0 Å². The average molecular weight is 749 g/mol. The van der Waals surface area contributed by atoms with Crippen LogP contribution < -0.4 is 9.80 Å². The van der Waals surface area contributed by atoms with Crippen molar-refractivity contribution in [2.24, 2.45) is 5.92 Å². The third-order valence-corrected chi connectivity index (χ3v) is 14.0. The van der Waals surface area contributed by atoms with Gasteiger partial charge < -0.3 is 28.7 Å². The zero-order chi connectivity index (χ0) is 34.7. The van der Waals surface area contributed by atoms with E-state index < -0.39 is 31.6 Å². The lowest BCUT2D eigenvalue weighted by molar-refractivity contribution is -0.151. The Morgan fingerprint density at radius 1 is 1.06 bits per heavy atom. The molecule has 11 heteroatoms. The predicted molar refractivity (Wildman–Crippen MR) is 192 cm³/mol. The van der Waals surface area contributed by atoms with Crippen molar-refractivity contribution in [3.05, 3.63) is 93.5 Å². The van der Waals surface area contributed by atoms with E-state index in [1.807, 2.05) is 78.6 Å². The first-order chi connectivity index (χ1) is 23.4. The minimum absolute atomic E-state index is 0.0850. The molecule has 1 N–H and O–H groups in total. The van der Waals surface area contributed by atoms with Gasteiger partial charge in [0, 0.05) is 46.7 Å². The Hall–Kier alpha value is -3.38. The summed E-state index contributed by atoms with van der Waals surface area (Å²) in [7, 11) is -3.50. The van der Waals surface area contributed by atoms with Gasteiger partial charge in [0.05, 0.1) is 37.4 Å². The summed E-state index contributed by atoms with van der Waals surface area (Å²) >= 11 is 3.60. The zero-order valence-corrected chi connectivity index (χ0v) is 30.8. The van der Waals surface area contributed by atoms with Gasteiger partial charge in [0.15, 0.2) is 5.60 Å². The lowest BCUT2D eigenvalue weighted by Gasteiger charge is -2.37. The van der Waals surface area contributed by atoms with Gasteiger partial charge in [0.2, 0.25) is 20.2 Å². The van der Waals surface area contributed by atoms with E-state index in [9.17, 15) is 19.5 Å². The first kappa shape index (κ1) is 34.1. The summed E-state index contributed by atoms with van der Waals surface area (Å²) in [5, 5.41) is 10.3. The van der Waals surface area contributed by atoms with Gasteiger partial charge in [-0.3, -0.25) is 14.4 Å². The number of carbonyl (C=O) groups excluding carboxylic acids is 3. The maximum Gasteiger partial charge on any atom is 0.264 e. The first-order valence-corrected chi connectivity index (χ1v) is 21.0. The van der Waals surface area contributed by atoms with Crippen molar-refractivity contribution < 1.29 is 28.3 Å². The van der Waals surface area contributed by atoms with Crippen LogP contribution in [0.25, 0.3) is 0 Å². The second-order valence-electron chi connectivity index (χ2n) is 14.5. The molecule has 2 saturated heterocycles. The number of rotatable bonds is 7. The number of aliphatic hydroxyl groups is 1. The van der Waals surface area contributed by atoms with Crippen LogP contribution in [0, 0.1) is 5.92 Å². The Kier molecular flexibility index (Phi) is 9.08. The first-order valence-electron chi connectivity index (χ1n) is 17.3. The van der Waals surface area contributed by atoms with E-state index in [0.717, 1.165) is 39.7 Å². The molecule has 2 fully saturated rings. The summed E-state index contributed by atoms with van der Waals surface area (Å²) in [5.74, 6) is -0.931. The summed E-state index contributed by atoms with van der Waals surface area (Å²) < 4.78 is 24.1. The van der Waals surface area contributed by atoms with Crippen molar-refractivity contribution in [1.82, 2.24) is 4.90 Å². The van der Waals surface area contributed by atoms with Gasteiger partial charge in [0.1, 0.15) is 0 Å². The molecule has 4 aliphatic heterocycles. The van der Waals surface area contributed by atoms with Gasteiger partial charge in [-0.15, -0.1) is 0 Å². The Bertz CT molecular complexity index is 1800. The summed E-state index contributed by atoms with van der Waals surface area (Å²) in [6.07, 6.45) is 2.00. The van der Waals surface area contributed by atoms with Crippen LogP contribution in [-0.2, 0) is 44.2 Å². The molecule has 3 amide bonds. The Morgan fingerprint density at radius 2 is 1.84 bits per heavy atom. The lowest BCUT2D eigenvalue weighted by atomic mass is 9.82. The van der Waals surface area contributed by atoms with E-state index in [-0.39, 0.29) is 43.3 Å². The normalized spacial score (nSPS) is 26.8. The predicted octanol–water partition coefficient (Wildman–Crippen LogP) is 6.62. The molecular weight excluding hydrogens is 705 g/mol. The van der Waals surface area contributed by atoms with Crippen LogP contribution in [0.2, 0.25) is 18.6 Å². The summed E-state index contributed by atoms with van der Waals surface area (Å²) in [4.78, 5) is 46.9. The monoisotopic (exact) mass is 747 g/mol. The number of fused-ring (bicyclic) bond motifs is 3. The molecule has 5 atom stereocenters. The van der Waals surface area contributed by atoms with E-state index in [1.54, 1.807) is 22.9 Å². The van der Waals surface area contributed by atoms with Crippen molar-refractivity contribution in [3.8, 4) is 0 Å². The molecular formula is C38H43BrFN3O5Si. The average Bonchev–Trinajstić information content (AvgIpc) is 3.50. The van der Waals surface area contributed by atoms with E-state index in [2.05, 4.69) is 15.9 Å². The smallest absolute Gasteiger partial charge is 0.264 e. The minimum Gasteiger partial charge on any atom is -0.394 e. The SMILES string of the molecule is C[C@@H]1[C@@H]([Si](C)(C)F)[C@H](CC(=O)N2Cc3ccccc3C[C@H]2CO)O[C@@]12C(=O)N(Cc1cccc(N3CCCCC3=O)c1)c1ccc(Br)cc12. The maximum absolute atomic E-state index is 16.5. The molecule has 258 valence electrons. The van der Waals surface area contributed by atoms with Gasteiger partial charge in [-0.1, -0.05) is 59.3 Å². The van der Waals surface area contributed by atoms with Crippen LogP contribution in [0.4, 0.5) is 15.5 Å². The number of hydrogen-bond donors (Lipinski definition) is 1. The fourth-order valence-electron chi connectivity index (χ4n) is 8.79. The number of ether oxygens (including phenoxy) is 1. The molecule has 0 unspecified atom stereocenters. The minimum atomic E-state index is -3.50. The quantitative estimate of drug-likeness (QED) is 0.217. The van der Waals surface area contributed by atoms with Gasteiger partial charge in [-0.05, 0) is 79.4 Å². The Balaban J connectivity index is 1.21. The standard InChI is InChI=1S/C38H43BrFN3O5Si/c1-24-36(49(2,3)40)33(20-35(46)42-22-27-11-5-4-10-26(27)18-30(42)23-44)48-38(24)31-19-28(39)14-15-32(31)43(37(38)47)21-25-9-8-12-29(17-25)41-16-7-6-13-34(41)45/h4-5,8-12,14-15,17,19,24,30,33,36,44H,6-7,13,16,18,20-23H2,1-3H3/t24-,30+,33+,36-,38+/m1/s1. The summed E-state index contributed by atoms with van der Waals surface area (Å²) in [5.41, 5.74) is 3.07. The molecule has 0 aromatic heterocycles. The maximum atomic E-state index is 16.5. The number of nitrogens with zero attached hydrogens (tertiary/aromatic N) is 3. The molecule has 3 aromatic carbocycles. The van der Waals surface area contributed by atoms with Crippen LogP contribution in [0.5, 0.6) is 0 Å². The number of halogens is 2. The largest absolute Gasteiger partial charge is 0.394 e. The summed E-state index contributed by atoms with van der Waals surface area (Å²) in [6.45, 7) is 6.26. The molecule has 49 heavy (non-hydrogen) atoms. The number of anilines is 2. The fraction of sp³-hybridized carbons (Fsp3) is 0.447. The Morgan fingerprint density at radius 3 is 2.57 bits per heavy atom. The second kappa shape index (κ2) is 13.1. The molecule has 3 aromatic rings.